The van der Waals surface area contributed by atoms with Gasteiger partial charge in [0.1, 0.15) is 6.10 Å². The van der Waals surface area contributed by atoms with Gasteiger partial charge < -0.3 is 4.74 Å². The van der Waals surface area contributed by atoms with Gasteiger partial charge in [0.15, 0.2) is 0 Å². The summed E-state index contributed by atoms with van der Waals surface area (Å²) >= 11 is -0.0545. The number of hydrogen-bond donors (Lipinski definition) is 0. The van der Waals surface area contributed by atoms with E-state index >= 15 is 0 Å². The summed E-state index contributed by atoms with van der Waals surface area (Å²) in [6.07, 6.45) is 6.59. The van der Waals surface area contributed by atoms with Crippen LogP contribution >= 0.6 is 0 Å². The number of rotatable bonds is 9. The van der Waals surface area contributed by atoms with Crippen LogP contribution in [-0.2, 0) is 28.7 Å². The molecule has 0 bridgehead atoms. The number of carbonyl (C=O) groups is 4. The molecule has 0 spiro atoms. The second kappa shape index (κ2) is 12.3. The van der Waals surface area contributed by atoms with Crippen LogP contribution in [0.3, 0.4) is 0 Å². The molecule has 4 aliphatic carbocycles. The number of carbonyl (C=O) groups excluding carboxylic acids is 4. The average molecular weight is 621 g/mol. The third-order valence-electron chi connectivity index (χ3n) is 11.6. The van der Waals surface area contributed by atoms with Crippen LogP contribution < -0.4 is 0 Å². The second-order valence-electron chi connectivity index (χ2n) is 13.8. The molecular weight excluding hydrogens is 573 g/mol. The summed E-state index contributed by atoms with van der Waals surface area (Å²) in [5, 5.41) is 9.75. The van der Waals surface area contributed by atoms with Crippen LogP contribution in [0.25, 0.3) is 0 Å². The number of ether oxygens (including phenoxy) is 2. The molecule has 0 aliphatic heterocycles. The molecule has 4 fully saturated rings. The van der Waals surface area contributed by atoms with Crippen LogP contribution in [0.4, 0.5) is 0 Å². The van der Waals surface area contributed by atoms with Crippen LogP contribution in [0.5, 0.6) is 0 Å². The third-order valence-corrected chi connectivity index (χ3v) is 13.4. The number of esters is 2. The molecule has 8 heteroatoms. The fourth-order valence-electron chi connectivity index (χ4n) is 9.57. The van der Waals surface area contributed by atoms with Gasteiger partial charge in [-0.25, -0.2) is 0 Å². The summed E-state index contributed by atoms with van der Waals surface area (Å²) in [6, 6.07) is 0. The molecular formula is C32H47NO6Se. The van der Waals surface area contributed by atoms with E-state index in [4.69, 9.17) is 14.7 Å². The fourth-order valence-corrected chi connectivity index (χ4v) is 10.7. The number of ketones is 2. The Morgan fingerprint density at radius 3 is 2.40 bits per heavy atom. The second-order valence-corrected chi connectivity index (χ2v) is 15.5. The van der Waals surface area contributed by atoms with Crippen molar-refractivity contribution in [2.24, 2.45) is 52.3 Å². The van der Waals surface area contributed by atoms with E-state index in [1.54, 1.807) is 0 Å². The zero-order valence-corrected chi connectivity index (χ0v) is 26.8. The maximum absolute atomic E-state index is 14.3. The van der Waals surface area contributed by atoms with E-state index in [1.807, 2.05) is 6.92 Å². The first-order valence-electron chi connectivity index (χ1n) is 15.2. The van der Waals surface area contributed by atoms with E-state index < -0.39 is 11.5 Å². The molecule has 0 saturated heterocycles. The van der Waals surface area contributed by atoms with E-state index in [2.05, 4.69) is 25.7 Å². The summed E-state index contributed by atoms with van der Waals surface area (Å²) in [6.45, 7) is 11.3. The Kier molecular flexibility index (Phi) is 9.57. The van der Waals surface area contributed by atoms with Crippen LogP contribution in [0, 0.1) is 62.5 Å². The Balaban J connectivity index is 1.56. The number of nitrogens with zero attached hydrogens (tertiary/aromatic N) is 1. The predicted molar refractivity (Wildman–Crippen MR) is 151 cm³/mol. The SMILES string of the molecule is CC(=O)O[C@H]1CC[C@@]2(C)[C@@H](CC[C@@H]3[C@@H]2CC(=O)[C@]2(C)[C@@H]([C@H](C)C(=O)CC[C@@H](C)C[Se]C#N)[C@@H](OC(C)=O)C[C@@H]32)C1. The largest absolute Gasteiger partial charge is 0.0124 e. The normalized spacial score (nSPS) is 40.0. The Labute approximate surface area is 246 Å². The maximum atomic E-state index is 14.3. The average Bonchev–Trinajstić information content (AvgIpc) is 3.18. The van der Waals surface area contributed by atoms with E-state index in [-0.39, 0.29) is 73.7 Å². The molecule has 11 atom stereocenters. The third kappa shape index (κ3) is 5.80. The van der Waals surface area contributed by atoms with Crippen molar-refractivity contribution >= 4 is 38.5 Å². The van der Waals surface area contributed by atoms with Gasteiger partial charge in [0.05, 0.1) is 0 Å². The number of fused-ring (bicyclic) bond motifs is 5. The summed E-state index contributed by atoms with van der Waals surface area (Å²) in [4.78, 5) is 53.9. The van der Waals surface area contributed by atoms with Gasteiger partial charge in [-0.2, -0.15) is 0 Å². The van der Waals surface area contributed by atoms with E-state index in [9.17, 15) is 19.2 Å². The van der Waals surface area contributed by atoms with E-state index in [0.717, 1.165) is 43.8 Å². The van der Waals surface area contributed by atoms with Crippen molar-refractivity contribution in [3.05, 3.63) is 0 Å². The topological polar surface area (TPSA) is 111 Å². The Morgan fingerprint density at radius 2 is 1.75 bits per heavy atom. The fraction of sp³-hybridized carbons (Fsp3) is 0.844. The standard InChI is InChI=1S/C32H47NO6Se/c1-18(16-40-17-33)7-10-27(36)19(2)30-28(39-21(4)35)14-26-24-9-8-22-13-23(38-20(3)34)11-12-31(22,5)25(24)15-29(37)32(26,30)6/h18-19,22-26,28,30H,7-16H2,1-6H3/t18-,19-,22+,23+,24-,25+,26+,28+,30+,31+,32-/m1/s1. The number of Topliss-reactive ketones (excluding diaryl/α,β-unsaturated/α-hetero) is 2. The van der Waals surface area contributed by atoms with E-state index in [0.29, 0.717) is 37.0 Å². The Bertz CT molecular complexity index is 1050. The molecule has 0 aromatic rings. The zero-order chi connectivity index (χ0) is 29.4. The Hall–Kier alpha value is -1.71. The van der Waals surface area contributed by atoms with Gasteiger partial charge in [0.25, 0.3) is 0 Å². The molecule has 0 heterocycles. The van der Waals surface area contributed by atoms with Crippen molar-refractivity contribution in [2.75, 3.05) is 0 Å². The van der Waals surface area contributed by atoms with Crippen molar-refractivity contribution < 1.29 is 28.7 Å². The number of nitriles is 1. The monoisotopic (exact) mass is 621 g/mol. The molecule has 7 nitrogen and oxygen atoms in total. The first kappa shape index (κ1) is 31.2. The number of hydrogen-bond acceptors (Lipinski definition) is 7. The van der Waals surface area contributed by atoms with Crippen LogP contribution in [-0.4, -0.2) is 50.7 Å². The molecule has 0 amide bonds. The maximum Gasteiger partial charge on any atom is -0.0124 e. The van der Waals surface area contributed by atoms with Gasteiger partial charge in [-0.3, -0.25) is 4.79 Å². The summed E-state index contributed by atoms with van der Waals surface area (Å²) < 4.78 is 11.5. The first-order chi connectivity index (χ1) is 18.8. The molecule has 4 saturated carbocycles. The molecule has 0 aromatic heterocycles. The van der Waals surface area contributed by atoms with Crippen molar-refractivity contribution in [3.8, 4) is 4.97 Å². The minimum Gasteiger partial charge on any atom is -0.0124 e. The summed E-state index contributed by atoms with van der Waals surface area (Å²) in [5.74, 6) is 0.547. The van der Waals surface area contributed by atoms with Crippen molar-refractivity contribution in [3.63, 3.8) is 0 Å². The molecule has 0 aromatic carbocycles. The first-order valence-corrected chi connectivity index (χ1v) is 17.3. The quantitative estimate of drug-likeness (QED) is 0.247. The van der Waals surface area contributed by atoms with Gasteiger partial charge in [-0.1, -0.05) is 6.92 Å². The van der Waals surface area contributed by atoms with Gasteiger partial charge in [-0.15, -0.1) is 0 Å². The molecule has 0 unspecified atom stereocenters. The minimum absolute atomic E-state index is 0.0219. The zero-order valence-electron chi connectivity index (χ0n) is 25.1. The molecule has 40 heavy (non-hydrogen) atoms. The van der Waals surface area contributed by atoms with Gasteiger partial charge in [-0.05, 0) is 25.2 Å². The predicted octanol–water partition coefficient (Wildman–Crippen LogP) is 5.52. The smallest absolute Gasteiger partial charge is 0.0124 e. The molecule has 222 valence electrons. The van der Waals surface area contributed by atoms with Crippen LogP contribution in [0.2, 0.25) is 5.32 Å². The van der Waals surface area contributed by atoms with Gasteiger partial charge >= 0.3 is 192 Å². The molecule has 4 rings (SSSR count). The van der Waals surface area contributed by atoms with Gasteiger partial charge in [0.2, 0.25) is 0 Å². The van der Waals surface area contributed by atoms with Crippen LogP contribution in [0.1, 0.15) is 99.3 Å². The van der Waals surface area contributed by atoms with Crippen molar-refractivity contribution in [2.45, 2.75) is 117 Å². The van der Waals surface area contributed by atoms with Crippen molar-refractivity contribution in [1.82, 2.24) is 0 Å². The van der Waals surface area contributed by atoms with Crippen molar-refractivity contribution in [1.29, 1.82) is 5.26 Å². The van der Waals surface area contributed by atoms with Crippen LogP contribution in [0.15, 0.2) is 0 Å². The summed E-state index contributed by atoms with van der Waals surface area (Å²) in [5.41, 5.74) is -0.669. The molecule has 4 aliphatic rings. The Morgan fingerprint density at radius 1 is 1.05 bits per heavy atom. The molecule has 0 N–H and O–H groups in total. The summed E-state index contributed by atoms with van der Waals surface area (Å²) in [7, 11) is 0. The molecule has 0 radical (unpaired) electrons. The van der Waals surface area contributed by atoms with Gasteiger partial charge in [0, 0.05) is 6.92 Å². The van der Waals surface area contributed by atoms with E-state index in [1.165, 1.54) is 13.8 Å². The minimum atomic E-state index is -0.690.